The Hall–Kier alpha value is -1.96. The first-order valence-electron chi connectivity index (χ1n) is 14.4. The molecule has 5 rings (SSSR count). The summed E-state index contributed by atoms with van der Waals surface area (Å²) in [4.78, 5) is 39.7. The highest BCUT2D eigenvalue weighted by atomic mass is 16.4. The SMILES string of the molecule is CC1(C)CC[C@]2(CC(=O)O)CC[C@]3(C)[C@H](C(=O)C[C@@H]4[C@@]5(C)C=C(C#N)C(=O)C(C)(C)[C@@H]5CC[C@]43C)[C@@H]2C1. The van der Waals surface area contributed by atoms with Crippen LogP contribution < -0.4 is 0 Å². The molecule has 0 aromatic rings. The number of fused-ring (bicyclic) bond motifs is 7. The fourth-order valence-corrected chi connectivity index (χ4v) is 11.0. The van der Waals surface area contributed by atoms with E-state index in [1.807, 2.05) is 19.9 Å². The molecule has 8 atom stereocenters. The molecule has 0 aliphatic heterocycles. The standard InChI is InChI=1S/C32H45NO4/c1-27(2)10-12-32(17-24(35)36)13-11-31(7)25(20(32)16-27)21(34)14-23-29(5)15-19(18-33)26(37)28(3,4)22(29)8-9-30(23,31)6/h15,20,22-23,25H,8-14,16-17H2,1-7H3,(H,35,36)/t20-,22-,23+,25-,29-,30+,31+,32+/m0/s1. The lowest BCUT2D eigenvalue weighted by Gasteiger charge is -2.72. The van der Waals surface area contributed by atoms with Crippen molar-refractivity contribution < 1.29 is 19.5 Å². The van der Waals surface area contributed by atoms with Gasteiger partial charge in [0.15, 0.2) is 5.78 Å². The smallest absolute Gasteiger partial charge is 0.303 e. The summed E-state index contributed by atoms with van der Waals surface area (Å²) in [6, 6.07) is 2.19. The molecule has 0 aromatic carbocycles. The maximum atomic E-state index is 14.4. The maximum Gasteiger partial charge on any atom is 0.303 e. The number of aliphatic carboxylic acids is 1. The molecular weight excluding hydrogens is 462 g/mol. The van der Waals surface area contributed by atoms with Crippen LogP contribution >= 0.6 is 0 Å². The Balaban J connectivity index is 1.63. The number of hydrogen-bond acceptors (Lipinski definition) is 4. The van der Waals surface area contributed by atoms with E-state index < -0.39 is 16.8 Å². The number of ketones is 2. The van der Waals surface area contributed by atoms with Crippen molar-refractivity contribution in [1.82, 2.24) is 0 Å². The van der Waals surface area contributed by atoms with Crippen molar-refractivity contribution in [2.45, 2.75) is 106 Å². The van der Waals surface area contributed by atoms with Crippen molar-refractivity contribution in [3.8, 4) is 6.07 Å². The molecule has 202 valence electrons. The second-order valence-corrected chi connectivity index (χ2v) is 15.6. The van der Waals surface area contributed by atoms with Crippen molar-refractivity contribution in [2.24, 2.45) is 56.2 Å². The summed E-state index contributed by atoms with van der Waals surface area (Å²) in [7, 11) is 0. The molecule has 37 heavy (non-hydrogen) atoms. The van der Waals surface area contributed by atoms with Crippen molar-refractivity contribution in [3.05, 3.63) is 11.6 Å². The Morgan fingerprint density at radius 3 is 2.24 bits per heavy atom. The molecule has 5 aliphatic rings. The van der Waals surface area contributed by atoms with E-state index in [1.54, 1.807) is 0 Å². The molecule has 0 aromatic heterocycles. The van der Waals surface area contributed by atoms with Crippen LogP contribution in [-0.2, 0) is 14.4 Å². The number of carbonyl (C=O) groups excluding carboxylic acids is 2. The van der Waals surface area contributed by atoms with Crippen LogP contribution in [0.4, 0.5) is 0 Å². The van der Waals surface area contributed by atoms with E-state index in [9.17, 15) is 24.8 Å². The summed E-state index contributed by atoms with van der Waals surface area (Å²) in [6.45, 7) is 15.5. The molecule has 5 heteroatoms. The Kier molecular flexibility index (Phi) is 5.61. The van der Waals surface area contributed by atoms with Crippen LogP contribution in [0, 0.1) is 67.5 Å². The Morgan fingerprint density at radius 2 is 1.62 bits per heavy atom. The van der Waals surface area contributed by atoms with Gasteiger partial charge in [-0.05, 0) is 89.8 Å². The van der Waals surface area contributed by atoms with Crippen LogP contribution in [0.2, 0.25) is 0 Å². The van der Waals surface area contributed by atoms with Crippen molar-refractivity contribution >= 4 is 17.5 Å². The highest BCUT2D eigenvalue weighted by molar-refractivity contribution is 6.04. The van der Waals surface area contributed by atoms with E-state index in [0.29, 0.717) is 12.2 Å². The summed E-state index contributed by atoms with van der Waals surface area (Å²) in [5.74, 6) is -0.378. The molecular formula is C32H45NO4. The van der Waals surface area contributed by atoms with Gasteiger partial charge in [-0.15, -0.1) is 0 Å². The average molecular weight is 508 g/mol. The zero-order valence-electron chi connectivity index (χ0n) is 23.9. The van der Waals surface area contributed by atoms with E-state index in [-0.39, 0.29) is 63.1 Å². The minimum atomic E-state index is -0.739. The van der Waals surface area contributed by atoms with Crippen molar-refractivity contribution in [1.29, 1.82) is 5.26 Å². The summed E-state index contributed by atoms with van der Waals surface area (Å²) in [6.07, 6.45) is 9.00. The van der Waals surface area contributed by atoms with Gasteiger partial charge in [0.1, 0.15) is 11.9 Å². The van der Waals surface area contributed by atoms with Crippen LogP contribution in [0.25, 0.3) is 0 Å². The quantitative estimate of drug-likeness (QED) is 0.445. The maximum absolute atomic E-state index is 14.4. The molecule has 0 heterocycles. The Labute approximate surface area is 222 Å². The van der Waals surface area contributed by atoms with Gasteiger partial charge in [-0.1, -0.05) is 54.5 Å². The minimum absolute atomic E-state index is 0.0619. The number of nitrogens with zero attached hydrogens (tertiary/aromatic N) is 1. The molecule has 4 saturated carbocycles. The number of carbonyl (C=O) groups is 3. The number of carboxylic acids is 1. The number of carboxylic acid groups (broad SMARTS) is 1. The average Bonchev–Trinajstić information content (AvgIpc) is 2.78. The van der Waals surface area contributed by atoms with Gasteiger partial charge in [0.25, 0.3) is 0 Å². The first-order valence-corrected chi connectivity index (χ1v) is 14.4. The molecule has 0 unspecified atom stereocenters. The number of rotatable bonds is 2. The lowest BCUT2D eigenvalue weighted by Crippen LogP contribution is -2.68. The topological polar surface area (TPSA) is 95.2 Å². The van der Waals surface area contributed by atoms with Gasteiger partial charge < -0.3 is 5.11 Å². The zero-order chi connectivity index (χ0) is 27.4. The van der Waals surface area contributed by atoms with E-state index >= 15 is 0 Å². The van der Waals surface area contributed by atoms with Gasteiger partial charge in [-0.25, -0.2) is 0 Å². The predicted molar refractivity (Wildman–Crippen MR) is 141 cm³/mol. The van der Waals surface area contributed by atoms with Crippen LogP contribution in [0.15, 0.2) is 11.6 Å². The molecule has 0 radical (unpaired) electrons. The van der Waals surface area contributed by atoms with Gasteiger partial charge in [-0.2, -0.15) is 5.26 Å². The number of hydrogen-bond donors (Lipinski definition) is 1. The van der Waals surface area contributed by atoms with Gasteiger partial charge in [0, 0.05) is 17.8 Å². The van der Waals surface area contributed by atoms with Crippen LogP contribution in [-0.4, -0.2) is 22.6 Å². The number of Topliss-reactive ketones (excluding diaryl/α,β-unsaturated/α-hetero) is 2. The lowest BCUT2D eigenvalue weighted by atomic mass is 9.31. The Morgan fingerprint density at radius 1 is 0.973 bits per heavy atom. The van der Waals surface area contributed by atoms with Gasteiger partial charge >= 0.3 is 5.97 Å². The monoisotopic (exact) mass is 507 g/mol. The molecule has 4 fully saturated rings. The third kappa shape index (κ3) is 3.36. The predicted octanol–water partition coefficient (Wildman–Crippen LogP) is 6.76. The summed E-state index contributed by atoms with van der Waals surface area (Å²) >= 11 is 0. The summed E-state index contributed by atoms with van der Waals surface area (Å²) in [5.41, 5.74) is -1.32. The van der Waals surface area contributed by atoms with Crippen molar-refractivity contribution in [3.63, 3.8) is 0 Å². The fraction of sp³-hybridized carbons (Fsp3) is 0.812. The van der Waals surface area contributed by atoms with Gasteiger partial charge in [-0.3, -0.25) is 14.4 Å². The third-order valence-corrected chi connectivity index (χ3v) is 13.1. The Bertz CT molecular complexity index is 1140. The molecule has 5 nitrogen and oxygen atoms in total. The third-order valence-electron chi connectivity index (χ3n) is 13.1. The molecule has 5 aliphatic carbocycles. The zero-order valence-corrected chi connectivity index (χ0v) is 23.9. The van der Waals surface area contributed by atoms with Crippen LogP contribution in [0.1, 0.15) is 106 Å². The highest BCUT2D eigenvalue weighted by Gasteiger charge is 2.72. The summed E-state index contributed by atoms with van der Waals surface area (Å²) < 4.78 is 0. The highest BCUT2D eigenvalue weighted by Crippen LogP contribution is 2.76. The molecule has 1 N–H and O–H groups in total. The first-order chi connectivity index (χ1) is 17.0. The largest absolute Gasteiger partial charge is 0.481 e. The van der Waals surface area contributed by atoms with E-state index in [0.717, 1.165) is 44.9 Å². The lowest BCUT2D eigenvalue weighted by molar-refractivity contribution is -0.224. The van der Waals surface area contributed by atoms with E-state index in [2.05, 4.69) is 40.7 Å². The summed E-state index contributed by atoms with van der Waals surface area (Å²) in [5, 5.41) is 19.8. The number of allylic oxidation sites excluding steroid dienone is 2. The normalized spacial score (nSPS) is 47.9. The first kappa shape index (κ1) is 26.6. The molecule has 0 amide bonds. The second kappa shape index (κ2) is 7.80. The molecule has 0 spiro atoms. The van der Waals surface area contributed by atoms with Gasteiger partial charge in [0.05, 0.1) is 12.0 Å². The van der Waals surface area contributed by atoms with Gasteiger partial charge in [0.2, 0.25) is 0 Å². The van der Waals surface area contributed by atoms with Crippen LogP contribution in [0.5, 0.6) is 0 Å². The number of nitriles is 1. The fourth-order valence-electron chi connectivity index (χ4n) is 11.0. The second-order valence-electron chi connectivity index (χ2n) is 15.6. The molecule has 0 saturated heterocycles. The van der Waals surface area contributed by atoms with Crippen molar-refractivity contribution in [2.75, 3.05) is 0 Å². The molecule has 0 bridgehead atoms. The minimum Gasteiger partial charge on any atom is -0.481 e. The van der Waals surface area contributed by atoms with E-state index in [1.165, 1.54) is 0 Å². The van der Waals surface area contributed by atoms with Crippen LogP contribution in [0.3, 0.4) is 0 Å². The van der Waals surface area contributed by atoms with E-state index in [4.69, 9.17) is 0 Å².